The molecule has 1 atom stereocenters. The molecule has 0 aliphatic carbocycles. The Morgan fingerprint density at radius 1 is 1.43 bits per heavy atom. The normalized spacial score (nSPS) is 18.8. The monoisotopic (exact) mass is 344 g/mol. The largest absolute Gasteiger partial charge is 0.490 e. The lowest BCUT2D eigenvalue weighted by molar-refractivity contribution is -0.124. The van der Waals surface area contributed by atoms with Crippen LogP contribution in [0.1, 0.15) is 19.3 Å². The van der Waals surface area contributed by atoms with Gasteiger partial charge in [0.1, 0.15) is 6.04 Å². The first-order chi connectivity index (χ1) is 10.9. The molecule has 1 aromatic rings. The molecule has 6 nitrogen and oxygen atoms in total. The minimum Gasteiger partial charge on any atom is -0.490 e. The smallest absolute Gasteiger partial charge is 0.238 e. The van der Waals surface area contributed by atoms with E-state index in [2.05, 4.69) is 5.32 Å². The van der Waals surface area contributed by atoms with Crippen molar-refractivity contribution in [3.63, 3.8) is 0 Å². The number of carbonyl (C=O) groups is 1. The van der Waals surface area contributed by atoms with Crippen LogP contribution < -0.4 is 10.1 Å². The first kappa shape index (κ1) is 17.7. The third kappa shape index (κ3) is 4.90. The molecule has 0 aromatic heterocycles. The summed E-state index contributed by atoms with van der Waals surface area (Å²) >= 11 is 0. The maximum absolute atomic E-state index is 13.3. The maximum Gasteiger partial charge on any atom is 0.238 e. The molecule has 1 amide bonds. The molecule has 1 saturated heterocycles. The fraction of sp³-hybridized carbons (Fsp3) is 0.533. The highest BCUT2D eigenvalue weighted by atomic mass is 32.2. The van der Waals surface area contributed by atoms with Crippen molar-refractivity contribution < 1.29 is 22.3 Å². The second-order valence-corrected chi connectivity index (χ2v) is 7.39. The summed E-state index contributed by atoms with van der Waals surface area (Å²) in [5, 5.41) is 2.71. The van der Waals surface area contributed by atoms with Crippen molar-refractivity contribution in [1.29, 1.82) is 0 Å². The van der Waals surface area contributed by atoms with Crippen molar-refractivity contribution >= 4 is 15.9 Å². The van der Waals surface area contributed by atoms with Crippen molar-refractivity contribution in [3.05, 3.63) is 30.1 Å². The van der Waals surface area contributed by atoms with Gasteiger partial charge in [0.15, 0.2) is 11.6 Å². The van der Waals surface area contributed by atoms with Crippen LogP contribution in [-0.2, 0) is 14.8 Å². The van der Waals surface area contributed by atoms with Crippen LogP contribution in [0.2, 0.25) is 0 Å². The molecule has 1 aliphatic heterocycles. The first-order valence-electron chi connectivity index (χ1n) is 7.51. The lowest BCUT2D eigenvalue weighted by Crippen LogP contribution is -2.45. The van der Waals surface area contributed by atoms with E-state index < -0.39 is 21.9 Å². The Balaban J connectivity index is 1.72. The lowest BCUT2D eigenvalue weighted by Gasteiger charge is -2.21. The maximum atomic E-state index is 13.3. The van der Waals surface area contributed by atoms with Crippen LogP contribution in [0.4, 0.5) is 4.39 Å². The molecule has 8 heteroatoms. The highest BCUT2D eigenvalue weighted by Gasteiger charge is 2.36. The van der Waals surface area contributed by atoms with Crippen LogP contribution in [0, 0.1) is 5.82 Å². The van der Waals surface area contributed by atoms with Gasteiger partial charge in [0.2, 0.25) is 15.9 Å². The summed E-state index contributed by atoms with van der Waals surface area (Å²) in [5.74, 6) is -0.539. The average molecular weight is 344 g/mol. The molecule has 1 heterocycles. The number of ether oxygens (including phenoxy) is 1. The van der Waals surface area contributed by atoms with E-state index in [0.29, 0.717) is 32.4 Å². The molecule has 1 aromatic carbocycles. The van der Waals surface area contributed by atoms with Gasteiger partial charge in [-0.25, -0.2) is 12.8 Å². The Bertz CT molecular complexity index is 651. The molecule has 128 valence electrons. The Labute approximate surface area is 135 Å². The van der Waals surface area contributed by atoms with Crippen LogP contribution in [-0.4, -0.2) is 50.6 Å². The van der Waals surface area contributed by atoms with Crippen LogP contribution in [0.25, 0.3) is 0 Å². The number of nitrogens with one attached hydrogen (secondary N) is 1. The Hall–Kier alpha value is -1.67. The molecule has 0 spiro atoms. The summed E-state index contributed by atoms with van der Waals surface area (Å²) in [4.78, 5) is 12.1. The van der Waals surface area contributed by atoms with E-state index in [1.165, 1.54) is 16.4 Å². The Kier molecular flexibility index (Phi) is 5.95. The van der Waals surface area contributed by atoms with Crippen molar-refractivity contribution in [1.82, 2.24) is 9.62 Å². The average Bonchev–Trinajstić information content (AvgIpc) is 2.98. The van der Waals surface area contributed by atoms with E-state index in [1.54, 1.807) is 12.1 Å². The standard InChI is InChI=1S/C15H21FN2O4S/c1-23(20,21)18-10-4-7-13(18)15(19)17-9-5-11-22-14-8-3-2-6-12(14)16/h2-3,6,8,13H,4-5,7,9-11H2,1H3,(H,17,19)/t13-/m0/s1. The zero-order valence-electron chi connectivity index (χ0n) is 13.0. The number of para-hydroxylation sites is 1. The van der Waals surface area contributed by atoms with Crippen molar-refractivity contribution in [2.45, 2.75) is 25.3 Å². The number of hydrogen-bond donors (Lipinski definition) is 1. The molecule has 1 N–H and O–H groups in total. The molecule has 0 radical (unpaired) electrons. The van der Waals surface area contributed by atoms with Gasteiger partial charge in [0.05, 0.1) is 12.9 Å². The molecule has 0 bridgehead atoms. The second-order valence-electron chi connectivity index (χ2n) is 5.46. The van der Waals surface area contributed by atoms with Crippen LogP contribution >= 0.6 is 0 Å². The number of nitrogens with zero attached hydrogens (tertiary/aromatic N) is 1. The van der Waals surface area contributed by atoms with E-state index >= 15 is 0 Å². The van der Waals surface area contributed by atoms with Gasteiger partial charge in [-0.15, -0.1) is 0 Å². The number of sulfonamides is 1. The van der Waals surface area contributed by atoms with Gasteiger partial charge in [-0.2, -0.15) is 4.31 Å². The predicted molar refractivity (Wildman–Crippen MR) is 84.1 cm³/mol. The summed E-state index contributed by atoms with van der Waals surface area (Å²) in [6, 6.07) is 5.49. The molecule has 0 saturated carbocycles. The Morgan fingerprint density at radius 3 is 2.87 bits per heavy atom. The van der Waals surface area contributed by atoms with E-state index in [4.69, 9.17) is 4.74 Å². The third-order valence-electron chi connectivity index (χ3n) is 3.65. The topological polar surface area (TPSA) is 75.7 Å². The van der Waals surface area contributed by atoms with E-state index in [9.17, 15) is 17.6 Å². The van der Waals surface area contributed by atoms with Gasteiger partial charge in [0, 0.05) is 13.1 Å². The van der Waals surface area contributed by atoms with Crippen molar-refractivity contribution in [2.24, 2.45) is 0 Å². The zero-order valence-corrected chi connectivity index (χ0v) is 13.8. The molecule has 2 rings (SSSR count). The highest BCUT2D eigenvalue weighted by molar-refractivity contribution is 7.88. The summed E-state index contributed by atoms with van der Waals surface area (Å²) in [6.07, 6.45) is 2.83. The van der Waals surface area contributed by atoms with Gasteiger partial charge >= 0.3 is 0 Å². The quantitative estimate of drug-likeness (QED) is 0.753. The fourth-order valence-electron chi connectivity index (χ4n) is 2.54. The highest BCUT2D eigenvalue weighted by Crippen LogP contribution is 2.20. The van der Waals surface area contributed by atoms with Gasteiger partial charge in [-0.3, -0.25) is 4.79 Å². The number of halogens is 1. The zero-order chi connectivity index (χ0) is 16.9. The van der Waals surface area contributed by atoms with Crippen LogP contribution in [0.15, 0.2) is 24.3 Å². The SMILES string of the molecule is CS(=O)(=O)N1CCC[C@H]1C(=O)NCCCOc1ccccc1F. The molecular weight excluding hydrogens is 323 g/mol. The fourth-order valence-corrected chi connectivity index (χ4v) is 3.67. The Morgan fingerprint density at radius 2 is 2.17 bits per heavy atom. The molecule has 23 heavy (non-hydrogen) atoms. The van der Waals surface area contributed by atoms with Crippen LogP contribution in [0.5, 0.6) is 5.75 Å². The van der Waals surface area contributed by atoms with Crippen molar-refractivity contribution in [2.75, 3.05) is 26.0 Å². The second kappa shape index (κ2) is 7.74. The number of rotatable bonds is 7. The minimum absolute atomic E-state index is 0.179. The van der Waals surface area contributed by atoms with E-state index in [1.807, 2.05) is 0 Å². The molecular formula is C15H21FN2O4S. The summed E-state index contributed by atoms with van der Waals surface area (Å²) in [5.41, 5.74) is 0. The van der Waals surface area contributed by atoms with E-state index in [-0.39, 0.29) is 18.3 Å². The molecule has 1 aliphatic rings. The van der Waals surface area contributed by atoms with Gasteiger partial charge in [-0.05, 0) is 31.4 Å². The third-order valence-corrected chi connectivity index (χ3v) is 4.94. The minimum atomic E-state index is -3.37. The number of benzene rings is 1. The summed E-state index contributed by atoms with van der Waals surface area (Å²) < 4.78 is 43.1. The van der Waals surface area contributed by atoms with Crippen molar-refractivity contribution in [3.8, 4) is 5.75 Å². The van der Waals surface area contributed by atoms with Gasteiger partial charge in [0.25, 0.3) is 0 Å². The number of amides is 1. The van der Waals surface area contributed by atoms with Crippen LogP contribution in [0.3, 0.4) is 0 Å². The summed E-state index contributed by atoms with van der Waals surface area (Å²) in [6.45, 7) is 0.996. The number of carbonyl (C=O) groups excluding carboxylic acids is 1. The first-order valence-corrected chi connectivity index (χ1v) is 9.36. The van der Waals surface area contributed by atoms with Gasteiger partial charge < -0.3 is 10.1 Å². The van der Waals surface area contributed by atoms with E-state index in [0.717, 1.165) is 6.26 Å². The lowest BCUT2D eigenvalue weighted by atomic mass is 10.2. The molecule has 1 fully saturated rings. The summed E-state index contributed by atoms with van der Waals surface area (Å²) in [7, 11) is -3.37. The van der Waals surface area contributed by atoms with Gasteiger partial charge in [-0.1, -0.05) is 12.1 Å². The predicted octanol–water partition coefficient (Wildman–Crippen LogP) is 1.13. The molecule has 0 unspecified atom stereocenters. The number of hydrogen-bond acceptors (Lipinski definition) is 4.